The molecular formula is C57H106O6. The average Bonchev–Trinajstić information content (AvgIpc) is 3.28. The highest BCUT2D eigenvalue weighted by Crippen LogP contribution is 2.16. The Hall–Kier alpha value is -2.11. The second-order valence-electron chi connectivity index (χ2n) is 18.8. The second kappa shape index (κ2) is 52.5. The molecular weight excluding hydrogens is 781 g/mol. The smallest absolute Gasteiger partial charge is 0.306 e. The Bertz CT molecular complexity index is 1020. The molecule has 1 atom stereocenters. The summed E-state index contributed by atoms with van der Waals surface area (Å²) in [6.07, 6.45) is 60.2. The maximum absolute atomic E-state index is 12.8. The Kier molecular flexibility index (Phi) is 50.8. The lowest BCUT2D eigenvalue weighted by molar-refractivity contribution is -0.167. The first kappa shape index (κ1) is 60.9. The Morgan fingerprint density at radius 2 is 0.524 bits per heavy atom. The van der Waals surface area contributed by atoms with Gasteiger partial charge in [-0.25, -0.2) is 0 Å². The van der Waals surface area contributed by atoms with Gasteiger partial charge in [0.2, 0.25) is 0 Å². The quantitative estimate of drug-likeness (QED) is 0.0262. The first-order valence-electron chi connectivity index (χ1n) is 27.8. The largest absolute Gasteiger partial charge is 0.462 e. The highest BCUT2D eigenvalue weighted by Gasteiger charge is 2.19. The molecule has 0 rings (SSSR count). The Morgan fingerprint density at radius 1 is 0.302 bits per heavy atom. The van der Waals surface area contributed by atoms with Crippen LogP contribution in [0.2, 0.25) is 0 Å². The van der Waals surface area contributed by atoms with E-state index in [1.54, 1.807) is 0 Å². The van der Waals surface area contributed by atoms with E-state index in [9.17, 15) is 14.4 Å². The van der Waals surface area contributed by atoms with Crippen LogP contribution in [0, 0.1) is 0 Å². The highest BCUT2D eigenvalue weighted by atomic mass is 16.6. The van der Waals surface area contributed by atoms with Gasteiger partial charge in [-0.2, -0.15) is 0 Å². The minimum absolute atomic E-state index is 0.0718. The third-order valence-electron chi connectivity index (χ3n) is 12.4. The molecule has 0 fully saturated rings. The Balaban J connectivity index is 4.34. The van der Waals surface area contributed by atoms with Crippen LogP contribution in [0.15, 0.2) is 24.3 Å². The SMILES string of the molecule is CCCCCCCCC=CCCCCCCCCCC(=O)OC[C@@H](COC(=O)CCCCCCCCCCCCCCC)OC(=O)CCCCCCCC=CCCCCCCCC. The van der Waals surface area contributed by atoms with Crippen LogP contribution in [0.25, 0.3) is 0 Å². The number of ether oxygens (including phenoxy) is 3. The molecule has 0 aromatic carbocycles. The maximum atomic E-state index is 12.8. The number of rotatable bonds is 51. The fourth-order valence-corrected chi connectivity index (χ4v) is 8.20. The van der Waals surface area contributed by atoms with Crippen molar-refractivity contribution in [1.82, 2.24) is 0 Å². The topological polar surface area (TPSA) is 78.9 Å². The van der Waals surface area contributed by atoms with E-state index in [1.165, 1.54) is 199 Å². The van der Waals surface area contributed by atoms with Gasteiger partial charge in [0.05, 0.1) is 0 Å². The van der Waals surface area contributed by atoms with Gasteiger partial charge in [-0.3, -0.25) is 14.4 Å². The predicted molar refractivity (Wildman–Crippen MR) is 270 cm³/mol. The zero-order chi connectivity index (χ0) is 45.8. The molecule has 0 aliphatic rings. The number of carbonyl (C=O) groups is 3. The highest BCUT2D eigenvalue weighted by molar-refractivity contribution is 5.71. The van der Waals surface area contributed by atoms with Crippen LogP contribution < -0.4 is 0 Å². The molecule has 6 heteroatoms. The molecule has 370 valence electrons. The fraction of sp³-hybridized carbons (Fsp3) is 0.877. The van der Waals surface area contributed by atoms with Gasteiger partial charge in [0.1, 0.15) is 13.2 Å². The molecule has 63 heavy (non-hydrogen) atoms. The predicted octanol–water partition coefficient (Wildman–Crippen LogP) is 18.3. The van der Waals surface area contributed by atoms with Crippen molar-refractivity contribution in [2.75, 3.05) is 13.2 Å². The van der Waals surface area contributed by atoms with Crippen LogP contribution in [-0.4, -0.2) is 37.2 Å². The van der Waals surface area contributed by atoms with Crippen LogP contribution in [0.5, 0.6) is 0 Å². The fourth-order valence-electron chi connectivity index (χ4n) is 8.20. The van der Waals surface area contributed by atoms with E-state index in [2.05, 4.69) is 45.1 Å². The lowest BCUT2D eigenvalue weighted by atomic mass is 10.0. The van der Waals surface area contributed by atoms with E-state index in [-0.39, 0.29) is 31.1 Å². The molecule has 0 unspecified atom stereocenters. The van der Waals surface area contributed by atoms with Crippen molar-refractivity contribution in [2.24, 2.45) is 0 Å². The minimum atomic E-state index is -0.773. The van der Waals surface area contributed by atoms with Gasteiger partial charge in [0.15, 0.2) is 6.10 Å². The zero-order valence-electron chi connectivity index (χ0n) is 42.4. The molecule has 0 saturated carbocycles. The number of unbranched alkanes of at least 4 members (excludes halogenated alkanes) is 36. The van der Waals surface area contributed by atoms with Crippen molar-refractivity contribution in [3.63, 3.8) is 0 Å². The third kappa shape index (κ3) is 50.7. The number of allylic oxidation sites excluding steroid dienone is 4. The molecule has 0 heterocycles. The number of hydrogen-bond acceptors (Lipinski definition) is 6. The summed E-state index contributed by atoms with van der Waals surface area (Å²) in [6, 6.07) is 0. The van der Waals surface area contributed by atoms with Gasteiger partial charge in [-0.1, -0.05) is 238 Å². The van der Waals surface area contributed by atoms with Gasteiger partial charge < -0.3 is 14.2 Å². The van der Waals surface area contributed by atoms with Gasteiger partial charge in [0.25, 0.3) is 0 Å². The summed E-state index contributed by atoms with van der Waals surface area (Å²) in [5.41, 5.74) is 0. The summed E-state index contributed by atoms with van der Waals surface area (Å²) >= 11 is 0. The second-order valence-corrected chi connectivity index (χ2v) is 18.8. The standard InChI is InChI=1S/C57H106O6/c1-4-7-10-13-16-19-22-25-27-28-30-32-35-38-41-44-47-50-56(59)62-53-54(52-61-55(58)49-46-43-40-37-34-31-24-21-18-15-12-9-6-3)63-57(60)51-48-45-42-39-36-33-29-26-23-20-17-14-11-8-5-2/h25-27,29,54H,4-24,28,30-53H2,1-3H3/t54-/m1/s1. The molecule has 0 N–H and O–H groups in total. The summed E-state index contributed by atoms with van der Waals surface area (Å²) in [6.45, 7) is 6.65. The van der Waals surface area contributed by atoms with Crippen molar-refractivity contribution in [2.45, 2.75) is 309 Å². The normalized spacial score (nSPS) is 12.1. The van der Waals surface area contributed by atoms with Crippen LogP contribution in [-0.2, 0) is 28.6 Å². The monoisotopic (exact) mass is 887 g/mol. The summed E-state index contributed by atoms with van der Waals surface area (Å²) in [4.78, 5) is 38.1. The zero-order valence-corrected chi connectivity index (χ0v) is 42.4. The summed E-state index contributed by atoms with van der Waals surface area (Å²) in [7, 11) is 0. The van der Waals surface area contributed by atoms with E-state index >= 15 is 0 Å². The van der Waals surface area contributed by atoms with Crippen molar-refractivity contribution in [3.05, 3.63) is 24.3 Å². The van der Waals surface area contributed by atoms with Gasteiger partial charge >= 0.3 is 17.9 Å². The Morgan fingerprint density at radius 3 is 0.794 bits per heavy atom. The maximum Gasteiger partial charge on any atom is 0.306 e. The van der Waals surface area contributed by atoms with Crippen LogP contribution >= 0.6 is 0 Å². The van der Waals surface area contributed by atoms with E-state index < -0.39 is 6.10 Å². The Labute approximate surface area is 392 Å². The molecule has 0 aromatic heterocycles. The van der Waals surface area contributed by atoms with Crippen molar-refractivity contribution < 1.29 is 28.6 Å². The molecule has 0 radical (unpaired) electrons. The number of hydrogen-bond donors (Lipinski definition) is 0. The lowest BCUT2D eigenvalue weighted by Crippen LogP contribution is -2.30. The minimum Gasteiger partial charge on any atom is -0.462 e. The van der Waals surface area contributed by atoms with E-state index in [0.717, 1.165) is 64.2 Å². The first-order chi connectivity index (χ1) is 31.0. The lowest BCUT2D eigenvalue weighted by Gasteiger charge is -2.18. The number of esters is 3. The van der Waals surface area contributed by atoms with Gasteiger partial charge in [-0.15, -0.1) is 0 Å². The summed E-state index contributed by atoms with van der Waals surface area (Å²) in [5, 5.41) is 0. The molecule has 0 saturated heterocycles. The van der Waals surface area contributed by atoms with E-state index in [1.807, 2.05) is 0 Å². The molecule has 0 aromatic rings. The van der Waals surface area contributed by atoms with Crippen LogP contribution in [0.4, 0.5) is 0 Å². The summed E-state index contributed by atoms with van der Waals surface area (Å²) in [5.74, 6) is -0.868. The molecule has 0 bridgehead atoms. The van der Waals surface area contributed by atoms with Crippen LogP contribution in [0.3, 0.4) is 0 Å². The van der Waals surface area contributed by atoms with E-state index in [4.69, 9.17) is 14.2 Å². The average molecular weight is 887 g/mol. The number of carbonyl (C=O) groups excluding carboxylic acids is 3. The summed E-state index contributed by atoms with van der Waals surface area (Å²) < 4.78 is 16.8. The first-order valence-corrected chi connectivity index (χ1v) is 27.8. The van der Waals surface area contributed by atoms with Gasteiger partial charge in [0, 0.05) is 19.3 Å². The van der Waals surface area contributed by atoms with Crippen molar-refractivity contribution >= 4 is 17.9 Å². The molecule has 0 aliphatic heterocycles. The van der Waals surface area contributed by atoms with Crippen LogP contribution in [0.1, 0.15) is 303 Å². The molecule has 0 spiro atoms. The third-order valence-corrected chi connectivity index (χ3v) is 12.4. The molecule has 0 aliphatic carbocycles. The molecule has 0 amide bonds. The van der Waals surface area contributed by atoms with Crippen molar-refractivity contribution in [3.8, 4) is 0 Å². The van der Waals surface area contributed by atoms with Crippen molar-refractivity contribution in [1.29, 1.82) is 0 Å². The van der Waals surface area contributed by atoms with E-state index in [0.29, 0.717) is 19.3 Å². The molecule has 6 nitrogen and oxygen atoms in total. The van der Waals surface area contributed by atoms with Gasteiger partial charge in [-0.05, 0) is 70.6 Å².